The predicted octanol–water partition coefficient (Wildman–Crippen LogP) is 1.24. The highest BCUT2D eigenvalue weighted by Crippen LogP contribution is 2.38. The quantitative estimate of drug-likeness (QED) is 0.662. The molecule has 60 valence electrons. The second-order valence-electron chi connectivity index (χ2n) is 2.54. The molecule has 0 aromatic carbocycles. The third-order valence-corrected chi connectivity index (χ3v) is 3.51. The third kappa shape index (κ3) is 1.31. The summed E-state index contributed by atoms with van der Waals surface area (Å²) in [4.78, 5) is -0.292. The van der Waals surface area contributed by atoms with Crippen molar-refractivity contribution in [2.75, 3.05) is 12.4 Å². The number of aliphatic hydroxyl groups excluding tert-OH is 1. The molecule has 0 spiro atoms. The van der Waals surface area contributed by atoms with Gasteiger partial charge in [-0.05, 0) is 13.3 Å². The minimum absolute atomic E-state index is 0.292. The summed E-state index contributed by atoms with van der Waals surface area (Å²) in [5, 5.41) is 9.36. The highest BCUT2D eigenvalue weighted by molar-refractivity contribution is 8.00. The Labute approximate surface area is 66.0 Å². The number of thioether (sulfide) groups is 1. The molecule has 3 heteroatoms. The van der Waals surface area contributed by atoms with Crippen molar-refractivity contribution < 1.29 is 9.84 Å². The van der Waals surface area contributed by atoms with Crippen LogP contribution < -0.4 is 0 Å². The summed E-state index contributed by atoms with van der Waals surface area (Å²) in [7, 11) is 0. The maximum Gasteiger partial charge on any atom is 0.139 e. The van der Waals surface area contributed by atoms with Gasteiger partial charge in [0.2, 0.25) is 0 Å². The molecular weight excluding hydrogens is 148 g/mol. The summed E-state index contributed by atoms with van der Waals surface area (Å²) in [6.45, 7) is 4.62. The van der Waals surface area contributed by atoms with Gasteiger partial charge in [0.15, 0.2) is 0 Å². The zero-order chi connectivity index (χ0) is 7.61. The lowest BCUT2D eigenvalue weighted by Gasteiger charge is -2.28. The van der Waals surface area contributed by atoms with Crippen LogP contribution in [0.15, 0.2) is 0 Å². The van der Waals surface area contributed by atoms with Gasteiger partial charge in [0.05, 0.1) is 12.7 Å². The number of aliphatic hydroxyl groups is 1. The Hall–Kier alpha value is 0.270. The van der Waals surface area contributed by atoms with E-state index in [2.05, 4.69) is 0 Å². The van der Waals surface area contributed by atoms with E-state index in [4.69, 9.17) is 4.74 Å². The molecule has 1 saturated heterocycles. The summed E-state index contributed by atoms with van der Waals surface area (Å²) >= 11 is 1.73. The monoisotopic (exact) mass is 162 g/mol. The van der Waals surface area contributed by atoms with Crippen LogP contribution in [0.2, 0.25) is 0 Å². The maximum absolute atomic E-state index is 9.36. The van der Waals surface area contributed by atoms with Crippen LogP contribution in [0.3, 0.4) is 0 Å². The molecule has 1 aliphatic rings. The molecule has 1 N–H and O–H groups in total. The second kappa shape index (κ2) is 3.11. The van der Waals surface area contributed by atoms with Crippen molar-refractivity contribution in [2.24, 2.45) is 0 Å². The fraction of sp³-hybridized carbons (Fsp3) is 1.00. The zero-order valence-electron chi connectivity index (χ0n) is 6.46. The molecule has 1 fully saturated rings. The number of hydrogen-bond acceptors (Lipinski definition) is 3. The molecule has 0 radical (unpaired) electrons. The van der Waals surface area contributed by atoms with E-state index in [1.807, 2.05) is 6.92 Å². The van der Waals surface area contributed by atoms with Crippen LogP contribution in [-0.2, 0) is 4.74 Å². The molecule has 0 aromatic heterocycles. The summed E-state index contributed by atoms with van der Waals surface area (Å²) in [5.74, 6) is 1.01. The van der Waals surface area contributed by atoms with E-state index < -0.39 is 0 Å². The standard InChI is InChI=1S/C7H14O2S/c1-3-7(6(2)8)9-4-5-10-7/h6,8H,3-5H2,1-2H3. The third-order valence-electron chi connectivity index (χ3n) is 1.91. The number of hydrogen-bond donors (Lipinski definition) is 1. The van der Waals surface area contributed by atoms with Crippen LogP contribution in [0.4, 0.5) is 0 Å². The molecule has 1 rings (SSSR count). The van der Waals surface area contributed by atoms with E-state index in [9.17, 15) is 5.11 Å². The minimum atomic E-state index is -0.356. The smallest absolute Gasteiger partial charge is 0.139 e. The molecule has 0 aromatic rings. The summed E-state index contributed by atoms with van der Waals surface area (Å²) in [6, 6.07) is 0. The Balaban J connectivity index is 2.58. The molecule has 1 aliphatic heterocycles. The van der Waals surface area contributed by atoms with Gasteiger partial charge >= 0.3 is 0 Å². The van der Waals surface area contributed by atoms with Gasteiger partial charge in [-0.15, -0.1) is 11.8 Å². The van der Waals surface area contributed by atoms with Gasteiger partial charge in [0.1, 0.15) is 4.93 Å². The van der Waals surface area contributed by atoms with E-state index >= 15 is 0 Å². The molecule has 0 saturated carbocycles. The molecule has 2 unspecified atom stereocenters. The van der Waals surface area contributed by atoms with Crippen LogP contribution in [0, 0.1) is 0 Å². The van der Waals surface area contributed by atoms with E-state index in [0.717, 1.165) is 18.8 Å². The lowest BCUT2D eigenvalue weighted by Crippen LogP contribution is -2.36. The topological polar surface area (TPSA) is 29.5 Å². The van der Waals surface area contributed by atoms with Crippen LogP contribution >= 0.6 is 11.8 Å². The van der Waals surface area contributed by atoms with Gasteiger partial charge < -0.3 is 9.84 Å². The van der Waals surface area contributed by atoms with Crippen LogP contribution in [0.1, 0.15) is 20.3 Å². The first-order chi connectivity index (χ1) is 4.71. The first kappa shape index (κ1) is 8.37. The Morgan fingerprint density at radius 1 is 1.80 bits per heavy atom. The molecule has 0 amide bonds. The molecular formula is C7H14O2S. The highest BCUT2D eigenvalue weighted by Gasteiger charge is 2.38. The van der Waals surface area contributed by atoms with Crippen LogP contribution in [-0.4, -0.2) is 28.5 Å². The average molecular weight is 162 g/mol. The summed E-state index contributed by atoms with van der Waals surface area (Å²) in [6.07, 6.45) is 0.528. The Bertz CT molecular complexity index is 108. The van der Waals surface area contributed by atoms with E-state index in [1.165, 1.54) is 0 Å². The fourth-order valence-corrected chi connectivity index (χ4v) is 2.34. The first-order valence-corrected chi connectivity index (χ1v) is 4.66. The van der Waals surface area contributed by atoms with Crippen molar-refractivity contribution in [2.45, 2.75) is 31.3 Å². The van der Waals surface area contributed by atoms with Crippen LogP contribution in [0.25, 0.3) is 0 Å². The summed E-state index contributed by atoms with van der Waals surface area (Å²) in [5.41, 5.74) is 0. The maximum atomic E-state index is 9.36. The van der Waals surface area contributed by atoms with Gasteiger partial charge in [-0.2, -0.15) is 0 Å². The zero-order valence-corrected chi connectivity index (χ0v) is 7.28. The van der Waals surface area contributed by atoms with Crippen molar-refractivity contribution in [1.82, 2.24) is 0 Å². The van der Waals surface area contributed by atoms with Crippen molar-refractivity contribution >= 4 is 11.8 Å². The summed E-state index contributed by atoms with van der Waals surface area (Å²) < 4.78 is 5.46. The minimum Gasteiger partial charge on any atom is -0.389 e. The fourth-order valence-electron chi connectivity index (χ4n) is 1.21. The van der Waals surface area contributed by atoms with E-state index in [0.29, 0.717) is 0 Å². The number of rotatable bonds is 2. The van der Waals surface area contributed by atoms with Crippen molar-refractivity contribution in [3.63, 3.8) is 0 Å². The van der Waals surface area contributed by atoms with Crippen molar-refractivity contribution in [3.05, 3.63) is 0 Å². The van der Waals surface area contributed by atoms with Gasteiger partial charge in [-0.3, -0.25) is 0 Å². The Morgan fingerprint density at radius 2 is 2.50 bits per heavy atom. The van der Waals surface area contributed by atoms with Gasteiger partial charge in [-0.1, -0.05) is 6.92 Å². The molecule has 10 heavy (non-hydrogen) atoms. The van der Waals surface area contributed by atoms with E-state index in [1.54, 1.807) is 18.7 Å². The predicted molar refractivity (Wildman–Crippen MR) is 43.1 cm³/mol. The largest absolute Gasteiger partial charge is 0.389 e. The van der Waals surface area contributed by atoms with Crippen molar-refractivity contribution in [1.29, 1.82) is 0 Å². The number of ether oxygens (including phenoxy) is 1. The first-order valence-electron chi connectivity index (χ1n) is 3.67. The molecule has 2 nitrogen and oxygen atoms in total. The Morgan fingerprint density at radius 3 is 2.70 bits per heavy atom. The lowest BCUT2D eigenvalue weighted by atomic mass is 10.2. The van der Waals surface area contributed by atoms with Crippen LogP contribution in [0.5, 0.6) is 0 Å². The van der Waals surface area contributed by atoms with E-state index in [-0.39, 0.29) is 11.0 Å². The van der Waals surface area contributed by atoms with Gasteiger partial charge in [0.25, 0.3) is 0 Å². The Kier molecular flexibility index (Phi) is 2.61. The highest BCUT2D eigenvalue weighted by atomic mass is 32.2. The average Bonchev–Trinajstić information content (AvgIpc) is 2.35. The second-order valence-corrected chi connectivity index (χ2v) is 3.93. The normalized spacial score (nSPS) is 36.3. The lowest BCUT2D eigenvalue weighted by molar-refractivity contribution is -0.0394. The molecule has 2 atom stereocenters. The van der Waals surface area contributed by atoms with Gasteiger partial charge in [-0.25, -0.2) is 0 Å². The molecule has 0 aliphatic carbocycles. The molecule has 0 bridgehead atoms. The van der Waals surface area contributed by atoms with Crippen molar-refractivity contribution in [3.8, 4) is 0 Å². The molecule has 1 heterocycles. The SMILES string of the molecule is CCC1(C(C)O)OCCS1. The van der Waals surface area contributed by atoms with Gasteiger partial charge in [0, 0.05) is 5.75 Å².